The van der Waals surface area contributed by atoms with Gasteiger partial charge in [-0.25, -0.2) is 0 Å². The van der Waals surface area contributed by atoms with E-state index in [1.807, 2.05) is 19.1 Å². The molecule has 2 heteroatoms. The van der Waals surface area contributed by atoms with Crippen LogP contribution >= 0.6 is 15.9 Å². The monoisotopic (exact) mass is 226 g/mol. The van der Waals surface area contributed by atoms with E-state index in [2.05, 4.69) is 28.1 Å². The van der Waals surface area contributed by atoms with Gasteiger partial charge in [-0.1, -0.05) is 34.1 Å². The van der Waals surface area contributed by atoms with Crippen LogP contribution in [0.25, 0.3) is 6.08 Å². The lowest BCUT2D eigenvalue weighted by Gasteiger charge is -1.97. The first-order valence-electron chi connectivity index (χ1n) is 3.77. The van der Waals surface area contributed by atoms with Crippen LogP contribution in [0.2, 0.25) is 0 Å². The van der Waals surface area contributed by atoms with Gasteiger partial charge in [-0.3, -0.25) is 0 Å². The van der Waals surface area contributed by atoms with Crippen molar-refractivity contribution >= 4 is 22.0 Å². The van der Waals surface area contributed by atoms with Crippen LogP contribution in [0.3, 0.4) is 0 Å². The molecule has 1 aromatic rings. The number of benzene rings is 1. The maximum atomic E-state index is 8.57. The molecule has 0 unspecified atom stereocenters. The lowest BCUT2D eigenvalue weighted by atomic mass is 10.1. The molecule has 0 amide bonds. The highest BCUT2D eigenvalue weighted by atomic mass is 79.9. The first-order chi connectivity index (χ1) is 5.72. The maximum absolute atomic E-state index is 8.57. The third-order valence-corrected chi connectivity index (χ3v) is 1.94. The van der Waals surface area contributed by atoms with E-state index in [9.17, 15) is 0 Å². The molecule has 0 atom stereocenters. The van der Waals surface area contributed by atoms with Gasteiger partial charge in [0, 0.05) is 4.47 Å². The number of halogens is 1. The van der Waals surface area contributed by atoms with Crippen LogP contribution in [-0.4, -0.2) is 11.7 Å². The SMILES string of the molecule is Cc1cc(Br)cc(C=CCO)c1. The van der Waals surface area contributed by atoms with Crippen LogP contribution in [0, 0.1) is 6.92 Å². The average Bonchev–Trinajstić information content (AvgIpc) is 1.99. The smallest absolute Gasteiger partial charge is 0.0615 e. The Kier molecular flexibility index (Phi) is 3.50. The topological polar surface area (TPSA) is 20.2 Å². The van der Waals surface area contributed by atoms with Crippen molar-refractivity contribution in [2.24, 2.45) is 0 Å². The Hall–Kier alpha value is -0.600. The van der Waals surface area contributed by atoms with Crippen molar-refractivity contribution in [3.8, 4) is 0 Å². The normalized spacial score (nSPS) is 10.9. The van der Waals surface area contributed by atoms with Gasteiger partial charge in [-0.15, -0.1) is 0 Å². The third kappa shape index (κ3) is 2.80. The van der Waals surface area contributed by atoms with E-state index in [-0.39, 0.29) is 6.61 Å². The van der Waals surface area contributed by atoms with Gasteiger partial charge < -0.3 is 5.11 Å². The molecule has 0 aliphatic rings. The van der Waals surface area contributed by atoms with E-state index in [1.54, 1.807) is 6.08 Å². The van der Waals surface area contributed by atoms with Crippen molar-refractivity contribution in [2.45, 2.75) is 6.92 Å². The van der Waals surface area contributed by atoms with Crippen LogP contribution in [0.1, 0.15) is 11.1 Å². The molecule has 64 valence electrons. The molecule has 0 aliphatic heterocycles. The summed E-state index contributed by atoms with van der Waals surface area (Å²) in [6.45, 7) is 2.13. The summed E-state index contributed by atoms with van der Waals surface area (Å²) >= 11 is 3.41. The van der Waals surface area contributed by atoms with Crippen LogP contribution in [-0.2, 0) is 0 Å². The Balaban J connectivity index is 2.93. The summed E-state index contributed by atoms with van der Waals surface area (Å²) < 4.78 is 1.07. The molecular formula is C10H11BrO. The highest BCUT2D eigenvalue weighted by Gasteiger charge is 1.91. The molecule has 0 aliphatic carbocycles. The fraction of sp³-hybridized carbons (Fsp3) is 0.200. The predicted molar refractivity (Wildman–Crippen MR) is 55.0 cm³/mol. The van der Waals surface area contributed by atoms with Gasteiger partial charge in [-0.2, -0.15) is 0 Å². The Morgan fingerprint density at radius 1 is 1.42 bits per heavy atom. The minimum Gasteiger partial charge on any atom is -0.392 e. The second kappa shape index (κ2) is 4.43. The van der Waals surface area contributed by atoms with E-state index < -0.39 is 0 Å². The summed E-state index contributed by atoms with van der Waals surface area (Å²) in [5, 5.41) is 8.57. The van der Waals surface area contributed by atoms with E-state index >= 15 is 0 Å². The van der Waals surface area contributed by atoms with Crippen molar-refractivity contribution in [1.29, 1.82) is 0 Å². The molecule has 0 radical (unpaired) electrons. The lowest BCUT2D eigenvalue weighted by molar-refractivity contribution is 0.343. The first-order valence-corrected chi connectivity index (χ1v) is 4.56. The highest BCUT2D eigenvalue weighted by molar-refractivity contribution is 9.10. The molecule has 0 spiro atoms. The minimum absolute atomic E-state index is 0.0889. The Bertz CT molecular complexity index is 272. The van der Waals surface area contributed by atoms with Gasteiger partial charge in [0.1, 0.15) is 0 Å². The average molecular weight is 227 g/mol. The summed E-state index contributed by atoms with van der Waals surface area (Å²) in [6.07, 6.45) is 3.62. The van der Waals surface area contributed by atoms with Crippen LogP contribution in [0.5, 0.6) is 0 Å². The Morgan fingerprint density at radius 2 is 2.17 bits per heavy atom. The standard InChI is InChI=1S/C10H11BrO/c1-8-5-9(3-2-4-12)7-10(11)6-8/h2-3,5-7,12H,4H2,1H3. The molecule has 0 fully saturated rings. The van der Waals surface area contributed by atoms with Crippen molar-refractivity contribution in [3.05, 3.63) is 39.9 Å². The first kappa shape index (κ1) is 9.49. The summed E-state index contributed by atoms with van der Waals surface area (Å²) in [5.74, 6) is 0. The van der Waals surface area contributed by atoms with E-state index in [0.717, 1.165) is 10.0 Å². The quantitative estimate of drug-likeness (QED) is 0.823. The number of rotatable bonds is 2. The zero-order valence-electron chi connectivity index (χ0n) is 6.92. The third-order valence-electron chi connectivity index (χ3n) is 1.48. The number of hydrogen-bond acceptors (Lipinski definition) is 1. The van der Waals surface area contributed by atoms with Gasteiger partial charge in [0.05, 0.1) is 6.61 Å². The number of aliphatic hydroxyl groups is 1. The molecule has 1 rings (SSSR count). The summed E-state index contributed by atoms with van der Waals surface area (Å²) in [5.41, 5.74) is 2.32. The number of hydrogen-bond donors (Lipinski definition) is 1. The molecule has 1 N–H and O–H groups in total. The van der Waals surface area contributed by atoms with Gasteiger partial charge in [0.25, 0.3) is 0 Å². The fourth-order valence-corrected chi connectivity index (χ4v) is 1.68. The molecule has 12 heavy (non-hydrogen) atoms. The molecule has 1 aromatic carbocycles. The van der Waals surface area contributed by atoms with Gasteiger partial charge >= 0.3 is 0 Å². The number of aryl methyl sites for hydroxylation is 1. The predicted octanol–water partition coefficient (Wildman–Crippen LogP) is 2.76. The molecular weight excluding hydrogens is 216 g/mol. The van der Waals surface area contributed by atoms with Crippen molar-refractivity contribution in [3.63, 3.8) is 0 Å². The highest BCUT2D eigenvalue weighted by Crippen LogP contribution is 2.16. The fourth-order valence-electron chi connectivity index (χ4n) is 1.05. The van der Waals surface area contributed by atoms with Gasteiger partial charge in [0.2, 0.25) is 0 Å². The summed E-state index contributed by atoms with van der Waals surface area (Å²) in [7, 11) is 0. The number of aliphatic hydroxyl groups excluding tert-OH is 1. The summed E-state index contributed by atoms with van der Waals surface area (Å²) in [4.78, 5) is 0. The largest absolute Gasteiger partial charge is 0.392 e. The molecule has 1 nitrogen and oxygen atoms in total. The van der Waals surface area contributed by atoms with Crippen LogP contribution in [0.4, 0.5) is 0 Å². The van der Waals surface area contributed by atoms with Gasteiger partial charge in [-0.05, 0) is 30.2 Å². The second-order valence-electron chi connectivity index (χ2n) is 2.65. The second-order valence-corrected chi connectivity index (χ2v) is 3.56. The van der Waals surface area contributed by atoms with Gasteiger partial charge in [0.15, 0.2) is 0 Å². The maximum Gasteiger partial charge on any atom is 0.0615 e. The van der Waals surface area contributed by atoms with Crippen LogP contribution in [0.15, 0.2) is 28.7 Å². The van der Waals surface area contributed by atoms with Crippen molar-refractivity contribution in [2.75, 3.05) is 6.61 Å². The van der Waals surface area contributed by atoms with Crippen molar-refractivity contribution < 1.29 is 5.11 Å². The minimum atomic E-state index is 0.0889. The van der Waals surface area contributed by atoms with Crippen LogP contribution < -0.4 is 0 Å². The zero-order valence-corrected chi connectivity index (χ0v) is 8.51. The summed E-state index contributed by atoms with van der Waals surface area (Å²) in [6, 6.07) is 6.13. The van der Waals surface area contributed by atoms with Crippen molar-refractivity contribution in [1.82, 2.24) is 0 Å². The van der Waals surface area contributed by atoms with E-state index in [0.29, 0.717) is 0 Å². The lowest BCUT2D eigenvalue weighted by Crippen LogP contribution is -1.78. The Labute approximate surface area is 80.9 Å². The molecule has 0 saturated carbocycles. The molecule has 0 aromatic heterocycles. The Morgan fingerprint density at radius 3 is 2.75 bits per heavy atom. The van der Waals surface area contributed by atoms with E-state index in [4.69, 9.17) is 5.11 Å². The van der Waals surface area contributed by atoms with E-state index in [1.165, 1.54) is 5.56 Å². The molecule has 0 bridgehead atoms. The zero-order chi connectivity index (χ0) is 8.97. The molecule has 0 saturated heterocycles. The molecule has 0 heterocycles.